The second-order valence-electron chi connectivity index (χ2n) is 1.87. The number of ether oxygens (including phenoxy) is 1. The molecule has 1 rings (SSSR count). The molecule has 0 aliphatic heterocycles. The second-order valence-corrected chi connectivity index (χ2v) is 3.47. The van der Waals surface area contributed by atoms with Crippen LogP contribution in [-0.4, -0.2) is 13.1 Å². The molecule has 4 heteroatoms. The summed E-state index contributed by atoms with van der Waals surface area (Å²) >= 11 is 4.82. The summed E-state index contributed by atoms with van der Waals surface area (Å²) in [4.78, 5) is 10.6. The number of methoxy groups -OCH3 is 1. The Morgan fingerprint density at radius 1 is 1.67 bits per heavy atom. The Bertz CT molecular complexity index is 345. The molecular weight excluding hydrogens is 240 g/mol. The first-order chi connectivity index (χ1) is 5.74. The van der Waals surface area contributed by atoms with Crippen molar-refractivity contribution < 1.29 is 9.53 Å². The number of halogens is 1. The fourth-order valence-electron chi connectivity index (χ4n) is 0.540. The normalized spacial score (nSPS) is 8.50. The molecule has 0 bridgehead atoms. The van der Waals surface area contributed by atoms with Crippen molar-refractivity contribution in [1.29, 1.82) is 0 Å². The van der Waals surface area contributed by atoms with Crippen LogP contribution in [0.15, 0.2) is 15.2 Å². The number of carbonyl (C=O) groups excluding carboxylic acids is 1. The summed E-state index contributed by atoms with van der Waals surface area (Å²) < 4.78 is 5.27. The van der Waals surface area contributed by atoms with Gasteiger partial charge in [-0.15, -0.1) is 11.3 Å². The van der Waals surface area contributed by atoms with Crippen LogP contribution in [-0.2, 0) is 9.53 Å². The summed E-state index contributed by atoms with van der Waals surface area (Å²) in [6.45, 7) is 0. The molecule has 0 amide bonds. The minimum absolute atomic E-state index is 0.520. The van der Waals surface area contributed by atoms with Crippen LogP contribution in [0.4, 0.5) is 0 Å². The van der Waals surface area contributed by atoms with Gasteiger partial charge in [0.05, 0.1) is 12.7 Å². The molecule has 1 aromatic heterocycles. The largest absolute Gasteiger partial charge is 0.459 e. The lowest BCUT2D eigenvalue weighted by atomic mass is 10.3. The van der Waals surface area contributed by atoms with Gasteiger partial charge in [0.1, 0.15) is 0 Å². The van der Waals surface area contributed by atoms with E-state index in [1.807, 2.05) is 10.8 Å². The van der Waals surface area contributed by atoms with Crippen LogP contribution in [0.2, 0.25) is 0 Å². The molecule has 12 heavy (non-hydrogen) atoms. The maximum absolute atomic E-state index is 10.6. The second kappa shape index (κ2) is 4.29. The van der Waals surface area contributed by atoms with Crippen molar-refractivity contribution in [2.75, 3.05) is 7.11 Å². The highest BCUT2D eigenvalue weighted by atomic mass is 79.9. The van der Waals surface area contributed by atoms with E-state index in [1.54, 1.807) is 0 Å². The number of carbonyl (C=O) groups is 1. The number of thiophene rings is 1. The van der Waals surface area contributed by atoms with Crippen molar-refractivity contribution in [2.24, 2.45) is 0 Å². The van der Waals surface area contributed by atoms with E-state index >= 15 is 0 Å². The third-order valence-corrected chi connectivity index (χ3v) is 2.80. The quantitative estimate of drug-likeness (QED) is 0.516. The Hall–Kier alpha value is -0.790. The predicted molar refractivity (Wildman–Crippen MR) is 50.9 cm³/mol. The van der Waals surface area contributed by atoms with Crippen LogP contribution < -0.4 is 0 Å². The number of esters is 1. The van der Waals surface area contributed by atoms with Crippen molar-refractivity contribution in [3.8, 4) is 11.8 Å². The fraction of sp³-hybridized carbons (Fsp3) is 0.125. The molecule has 0 saturated heterocycles. The average molecular weight is 245 g/mol. The monoisotopic (exact) mass is 244 g/mol. The third kappa shape index (κ3) is 2.36. The minimum Gasteiger partial charge on any atom is -0.459 e. The Kier molecular flexibility index (Phi) is 3.32. The van der Waals surface area contributed by atoms with Gasteiger partial charge in [-0.05, 0) is 15.9 Å². The maximum atomic E-state index is 10.6. The molecule has 0 aliphatic carbocycles. The number of hydrogen-bond donors (Lipinski definition) is 0. The fourth-order valence-corrected chi connectivity index (χ4v) is 1.87. The Morgan fingerprint density at radius 3 is 2.92 bits per heavy atom. The molecular formula is C8H5BrO2S. The van der Waals surface area contributed by atoms with Gasteiger partial charge in [0.15, 0.2) is 0 Å². The summed E-state index contributed by atoms with van der Waals surface area (Å²) in [5.74, 6) is 4.50. The minimum atomic E-state index is -0.520. The van der Waals surface area contributed by atoms with E-state index in [9.17, 15) is 4.79 Å². The lowest BCUT2D eigenvalue weighted by Gasteiger charge is -1.84. The van der Waals surface area contributed by atoms with E-state index in [-0.39, 0.29) is 0 Å². The molecule has 0 aromatic carbocycles. The zero-order valence-corrected chi connectivity index (χ0v) is 8.66. The summed E-state index contributed by atoms with van der Waals surface area (Å²) in [6, 6.07) is 0. The van der Waals surface area contributed by atoms with Gasteiger partial charge in [0.2, 0.25) is 0 Å². The third-order valence-electron chi connectivity index (χ3n) is 1.10. The van der Waals surface area contributed by atoms with E-state index < -0.39 is 5.97 Å². The highest BCUT2D eigenvalue weighted by Crippen LogP contribution is 2.19. The number of rotatable bonds is 0. The van der Waals surface area contributed by atoms with Gasteiger partial charge in [0, 0.05) is 21.2 Å². The Morgan fingerprint density at radius 2 is 2.42 bits per heavy atom. The van der Waals surface area contributed by atoms with Gasteiger partial charge >= 0.3 is 5.97 Å². The zero-order chi connectivity index (χ0) is 8.97. The summed E-state index contributed by atoms with van der Waals surface area (Å²) in [5, 5.41) is 3.77. The van der Waals surface area contributed by atoms with E-state index in [0.29, 0.717) is 0 Å². The summed E-state index contributed by atoms with van der Waals surface area (Å²) in [5.41, 5.74) is 0.811. The van der Waals surface area contributed by atoms with Crippen molar-refractivity contribution in [2.45, 2.75) is 0 Å². The molecule has 62 valence electrons. The SMILES string of the molecule is COC(=O)C#Cc1cscc1Br. The lowest BCUT2D eigenvalue weighted by Crippen LogP contribution is -1.94. The van der Waals surface area contributed by atoms with Gasteiger partial charge in [0.25, 0.3) is 0 Å². The van der Waals surface area contributed by atoms with Crippen LogP contribution >= 0.6 is 27.3 Å². The van der Waals surface area contributed by atoms with E-state index in [1.165, 1.54) is 18.4 Å². The van der Waals surface area contributed by atoms with Crippen LogP contribution in [0.1, 0.15) is 5.56 Å². The van der Waals surface area contributed by atoms with Crippen LogP contribution in [0.5, 0.6) is 0 Å². The van der Waals surface area contributed by atoms with E-state index in [4.69, 9.17) is 0 Å². The van der Waals surface area contributed by atoms with Crippen LogP contribution in [0.25, 0.3) is 0 Å². The molecule has 0 fully saturated rings. The Labute approximate surface area is 82.7 Å². The van der Waals surface area contributed by atoms with Crippen LogP contribution in [0.3, 0.4) is 0 Å². The molecule has 0 N–H and O–H groups in total. The van der Waals surface area contributed by atoms with Gasteiger partial charge in [-0.2, -0.15) is 0 Å². The van der Waals surface area contributed by atoms with Crippen molar-refractivity contribution in [1.82, 2.24) is 0 Å². The first-order valence-corrected chi connectivity index (χ1v) is 4.79. The molecule has 1 heterocycles. The summed E-state index contributed by atoms with van der Waals surface area (Å²) in [7, 11) is 1.31. The van der Waals surface area contributed by atoms with Crippen LogP contribution in [0, 0.1) is 11.8 Å². The molecule has 2 nitrogen and oxygen atoms in total. The first-order valence-electron chi connectivity index (χ1n) is 3.05. The van der Waals surface area contributed by atoms with E-state index in [2.05, 4.69) is 32.5 Å². The molecule has 1 aromatic rings. The molecule has 0 atom stereocenters. The number of hydrogen-bond acceptors (Lipinski definition) is 3. The zero-order valence-electron chi connectivity index (χ0n) is 6.26. The highest BCUT2D eigenvalue weighted by molar-refractivity contribution is 9.10. The maximum Gasteiger partial charge on any atom is 0.384 e. The van der Waals surface area contributed by atoms with Crippen molar-refractivity contribution in [3.05, 3.63) is 20.8 Å². The lowest BCUT2D eigenvalue weighted by molar-refractivity contribution is -0.133. The standard InChI is InChI=1S/C8H5BrO2S/c1-11-8(10)3-2-6-4-12-5-7(6)9/h4-5H,1H3. The molecule has 0 aliphatic rings. The summed E-state index contributed by atoms with van der Waals surface area (Å²) in [6.07, 6.45) is 0. The molecule has 0 unspecified atom stereocenters. The van der Waals surface area contributed by atoms with Crippen molar-refractivity contribution >= 4 is 33.2 Å². The molecule has 0 spiro atoms. The predicted octanol–water partition coefficient (Wildman–Crippen LogP) is 2.04. The highest BCUT2D eigenvalue weighted by Gasteiger charge is 1.96. The smallest absolute Gasteiger partial charge is 0.384 e. The first kappa shape index (κ1) is 9.30. The van der Waals surface area contributed by atoms with E-state index in [0.717, 1.165) is 10.0 Å². The topological polar surface area (TPSA) is 26.3 Å². The van der Waals surface area contributed by atoms with Gasteiger partial charge in [-0.3, -0.25) is 0 Å². The molecule has 0 radical (unpaired) electrons. The van der Waals surface area contributed by atoms with Gasteiger partial charge in [-0.1, -0.05) is 5.92 Å². The molecule has 0 saturated carbocycles. The Balaban J connectivity index is 2.79. The van der Waals surface area contributed by atoms with Gasteiger partial charge < -0.3 is 4.74 Å². The van der Waals surface area contributed by atoms with Gasteiger partial charge in [-0.25, -0.2) is 4.79 Å². The van der Waals surface area contributed by atoms with Crippen molar-refractivity contribution in [3.63, 3.8) is 0 Å². The average Bonchev–Trinajstić information content (AvgIpc) is 2.47.